The summed E-state index contributed by atoms with van der Waals surface area (Å²) in [6.45, 7) is 5.54. The summed E-state index contributed by atoms with van der Waals surface area (Å²) < 4.78 is 9.91. The molecule has 4 heteroatoms. The number of hydrogen-bond acceptors (Lipinski definition) is 4. The second-order valence-corrected chi connectivity index (χ2v) is 3.65. The molecule has 0 aromatic heterocycles. The Labute approximate surface area is 101 Å². The van der Waals surface area contributed by atoms with Gasteiger partial charge in [0.25, 0.3) is 0 Å². The average Bonchev–Trinajstić information content (AvgIpc) is 2.35. The second-order valence-electron chi connectivity index (χ2n) is 3.65. The molecular formula is C13H17NO3. The molecule has 0 saturated heterocycles. The molecule has 0 aliphatic rings. The summed E-state index contributed by atoms with van der Waals surface area (Å²) in [6, 6.07) is 6.79. The molecule has 0 fully saturated rings. The van der Waals surface area contributed by atoms with Crippen LogP contribution < -0.4 is 10.1 Å². The molecule has 0 aliphatic carbocycles. The van der Waals surface area contributed by atoms with Crippen molar-refractivity contribution < 1.29 is 14.3 Å². The summed E-state index contributed by atoms with van der Waals surface area (Å²) in [7, 11) is 2.93. The molecule has 0 spiro atoms. The van der Waals surface area contributed by atoms with Crippen LogP contribution in [-0.4, -0.2) is 26.2 Å². The smallest absolute Gasteiger partial charge is 0.332 e. The lowest BCUT2D eigenvalue weighted by Crippen LogP contribution is -2.31. The number of anilines is 1. The van der Waals surface area contributed by atoms with Crippen molar-refractivity contribution in [2.24, 2.45) is 0 Å². The van der Waals surface area contributed by atoms with Crippen molar-refractivity contribution >= 4 is 11.7 Å². The van der Waals surface area contributed by atoms with Crippen molar-refractivity contribution in [1.82, 2.24) is 0 Å². The van der Waals surface area contributed by atoms with E-state index >= 15 is 0 Å². The first-order valence-electron chi connectivity index (χ1n) is 5.23. The van der Waals surface area contributed by atoms with Gasteiger partial charge in [0.1, 0.15) is 11.8 Å². The minimum atomic E-state index is -0.573. The Balaban J connectivity index is 2.93. The number of para-hydroxylation sites is 2. The Kier molecular flexibility index (Phi) is 4.57. The largest absolute Gasteiger partial charge is 0.495 e. The maximum Gasteiger partial charge on any atom is 0.332 e. The molecule has 17 heavy (non-hydrogen) atoms. The number of ether oxygens (including phenoxy) is 2. The fourth-order valence-electron chi connectivity index (χ4n) is 1.42. The molecule has 0 radical (unpaired) electrons. The van der Waals surface area contributed by atoms with Gasteiger partial charge in [-0.15, -0.1) is 0 Å². The Morgan fingerprint density at radius 3 is 2.53 bits per heavy atom. The lowest BCUT2D eigenvalue weighted by Gasteiger charge is -2.19. The van der Waals surface area contributed by atoms with Crippen LogP contribution in [0.5, 0.6) is 5.75 Å². The Morgan fingerprint density at radius 2 is 2.00 bits per heavy atom. The number of carbonyl (C=O) groups excluding carboxylic acids is 1. The van der Waals surface area contributed by atoms with Crippen LogP contribution in [0.25, 0.3) is 0 Å². The molecule has 92 valence electrons. The molecule has 0 bridgehead atoms. The van der Waals surface area contributed by atoms with Gasteiger partial charge in [0, 0.05) is 0 Å². The topological polar surface area (TPSA) is 47.6 Å². The molecule has 0 amide bonds. The van der Waals surface area contributed by atoms with E-state index in [1.165, 1.54) is 7.11 Å². The summed E-state index contributed by atoms with van der Waals surface area (Å²) >= 11 is 0. The monoisotopic (exact) mass is 235 g/mol. The maximum atomic E-state index is 11.6. The highest BCUT2D eigenvalue weighted by atomic mass is 16.5. The van der Waals surface area contributed by atoms with Gasteiger partial charge < -0.3 is 14.8 Å². The normalized spacial score (nSPS) is 11.5. The lowest BCUT2D eigenvalue weighted by atomic mass is 10.1. The van der Waals surface area contributed by atoms with Gasteiger partial charge in [-0.05, 0) is 24.6 Å². The molecule has 4 nitrogen and oxygen atoms in total. The first-order valence-corrected chi connectivity index (χ1v) is 5.23. The minimum absolute atomic E-state index is 0.372. The minimum Gasteiger partial charge on any atom is -0.495 e. The molecule has 1 N–H and O–H groups in total. The van der Waals surface area contributed by atoms with Crippen LogP contribution >= 0.6 is 0 Å². The van der Waals surface area contributed by atoms with Gasteiger partial charge >= 0.3 is 5.97 Å². The van der Waals surface area contributed by atoms with Crippen LogP contribution in [-0.2, 0) is 9.53 Å². The zero-order valence-corrected chi connectivity index (χ0v) is 10.3. The van der Waals surface area contributed by atoms with Crippen LogP contribution in [0.4, 0.5) is 5.69 Å². The van der Waals surface area contributed by atoms with E-state index in [1.807, 2.05) is 24.3 Å². The summed E-state index contributed by atoms with van der Waals surface area (Å²) in [5.41, 5.74) is 1.41. The molecule has 1 unspecified atom stereocenters. The number of rotatable bonds is 5. The Bertz CT molecular complexity index is 415. The Hall–Kier alpha value is -1.97. The van der Waals surface area contributed by atoms with Crippen molar-refractivity contribution in [3.05, 3.63) is 36.4 Å². The predicted molar refractivity (Wildman–Crippen MR) is 67.2 cm³/mol. The van der Waals surface area contributed by atoms with E-state index in [0.717, 1.165) is 5.69 Å². The third-order valence-electron chi connectivity index (χ3n) is 2.34. The first kappa shape index (κ1) is 13.1. The molecule has 1 aromatic carbocycles. The van der Waals surface area contributed by atoms with Crippen LogP contribution in [0.3, 0.4) is 0 Å². The quantitative estimate of drug-likeness (QED) is 0.628. The van der Waals surface area contributed by atoms with Gasteiger partial charge in [0.2, 0.25) is 0 Å². The van der Waals surface area contributed by atoms with Gasteiger partial charge in [-0.25, -0.2) is 4.79 Å². The number of benzene rings is 1. The van der Waals surface area contributed by atoms with Gasteiger partial charge in [-0.2, -0.15) is 0 Å². The second kappa shape index (κ2) is 5.94. The predicted octanol–water partition coefficient (Wildman–Crippen LogP) is 2.22. The summed E-state index contributed by atoms with van der Waals surface area (Å²) in [6.07, 6.45) is 0. The first-order chi connectivity index (χ1) is 8.10. The average molecular weight is 235 g/mol. The number of nitrogens with one attached hydrogen (secondary N) is 1. The molecule has 0 aliphatic heterocycles. The molecular weight excluding hydrogens is 218 g/mol. The van der Waals surface area contributed by atoms with Gasteiger partial charge in [0.05, 0.1) is 19.9 Å². The van der Waals surface area contributed by atoms with Gasteiger partial charge in [0.15, 0.2) is 0 Å². The van der Waals surface area contributed by atoms with Crippen LogP contribution in [0, 0.1) is 0 Å². The molecule has 0 heterocycles. The highest BCUT2D eigenvalue weighted by molar-refractivity contribution is 5.83. The van der Waals surface area contributed by atoms with Crippen molar-refractivity contribution in [3.63, 3.8) is 0 Å². The van der Waals surface area contributed by atoms with Gasteiger partial charge in [-0.3, -0.25) is 0 Å². The van der Waals surface area contributed by atoms with E-state index in [-0.39, 0.29) is 5.97 Å². The van der Waals surface area contributed by atoms with Crippen molar-refractivity contribution in [3.8, 4) is 5.75 Å². The van der Waals surface area contributed by atoms with Crippen molar-refractivity contribution in [2.75, 3.05) is 19.5 Å². The summed E-state index contributed by atoms with van der Waals surface area (Å²) in [5.74, 6) is 0.297. The number of carbonyl (C=O) groups is 1. The fourth-order valence-corrected chi connectivity index (χ4v) is 1.42. The Morgan fingerprint density at radius 1 is 1.35 bits per heavy atom. The summed E-state index contributed by atoms with van der Waals surface area (Å²) in [4.78, 5) is 11.6. The molecule has 1 aromatic rings. The number of esters is 1. The third kappa shape index (κ3) is 3.24. The highest BCUT2D eigenvalue weighted by Crippen LogP contribution is 2.25. The van der Waals surface area contributed by atoms with E-state index in [0.29, 0.717) is 11.3 Å². The van der Waals surface area contributed by atoms with E-state index < -0.39 is 6.04 Å². The van der Waals surface area contributed by atoms with E-state index in [4.69, 9.17) is 9.47 Å². The number of hydrogen-bond donors (Lipinski definition) is 1. The SMILES string of the molecule is C=C(C)C(Nc1ccccc1OC)C(=O)OC. The van der Waals surface area contributed by atoms with Crippen LogP contribution in [0.2, 0.25) is 0 Å². The van der Waals surface area contributed by atoms with Crippen LogP contribution in [0.1, 0.15) is 6.92 Å². The van der Waals surface area contributed by atoms with Crippen molar-refractivity contribution in [2.45, 2.75) is 13.0 Å². The van der Waals surface area contributed by atoms with E-state index in [2.05, 4.69) is 11.9 Å². The summed E-state index contributed by atoms with van der Waals surface area (Å²) in [5, 5.41) is 3.05. The van der Waals surface area contributed by atoms with E-state index in [9.17, 15) is 4.79 Å². The van der Waals surface area contributed by atoms with E-state index in [1.54, 1.807) is 14.0 Å². The molecule has 0 saturated carbocycles. The third-order valence-corrected chi connectivity index (χ3v) is 2.34. The molecule has 1 rings (SSSR count). The zero-order chi connectivity index (χ0) is 12.8. The van der Waals surface area contributed by atoms with Crippen LogP contribution in [0.15, 0.2) is 36.4 Å². The maximum absolute atomic E-state index is 11.6. The van der Waals surface area contributed by atoms with Gasteiger partial charge in [-0.1, -0.05) is 18.7 Å². The lowest BCUT2D eigenvalue weighted by molar-refractivity contribution is -0.140. The van der Waals surface area contributed by atoms with Crippen molar-refractivity contribution in [1.29, 1.82) is 0 Å². The standard InChI is InChI=1S/C13H17NO3/c1-9(2)12(13(15)17-4)14-10-7-5-6-8-11(10)16-3/h5-8,12,14H,1H2,2-4H3. The fraction of sp³-hybridized carbons (Fsp3) is 0.308. The zero-order valence-electron chi connectivity index (χ0n) is 10.3. The highest BCUT2D eigenvalue weighted by Gasteiger charge is 2.20. The number of methoxy groups -OCH3 is 2. The molecule has 1 atom stereocenters.